The van der Waals surface area contributed by atoms with Crippen molar-refractivity contribution in [2.24, 2.45) is 0 Å². The van der Waals surface area contributed by atoms with Crippen LogP contribution < -0.4 is 5.73 Å². The highest BCUT2D eigenvalue weighted by Gasteiger charge is 2.07. The first-order valence-electron chi connectivity index (χ1n) is 5.09. The molecule has 2 rings (SSSR count). The monoisotopic (exact) mass is 227 g/mol. The number of nitrogens with zero attached hydrogens (tertiary/aromatic N) is 2. The average Bonchev–Trinajstić information content (AvgIpc) is 2.31. The van der Waals surface area contributed by atoms with Crippen molar-refractivity contribution >= 4 is 5.82 Å². The Morgan fingerprint density at radius 3 is 2.53 bits per heavy atom. The van der Waals surface area contributed by atoms with E-state index in [4.69, 9.17) is 11.0 Å². The van der Waals surface area contributed by atoms with Gasteiger partial charge in [0.25, 0.3) is 0 Å². The molecule has 4 heteroatoms. The summed E-state index contributed by atoms with van der Waals surface area (Å²) in [6.45, 7) is 0. The first-order chi connectivity index (χ1) is 8.20. The van der Waals surface area contributed by atoms with Crippen LogP contribution in [0.1, 0.15) is 5.69 Å². The molecule has 0 amide bonds. The number of rotatable bonds is 2. The SMILES string of the molecule is N#CCc1nc(N)ccc1-c1ccc(F)cc1. The second-order valence-electron chi connectivity index (χ2n) is 3.57. The van der Waals surface area contributed by atoms with E-state index in [2.05, 4.69) is 4.98 Å². The second-order valence-corrected chi connectivity index (χ2v) is 3.57. The van der Waals surface area contributed by atoms with Crippen LogP contribution in [0.5, 0.6) is 0 Å². The molecule has 2 N–H and O–H groups in total. The van der Waals surface area contributed by atoms with Crippen LogP contribution in [0.3, 0.4) is 0 Å². The summed E-state index contributed by atoms with van der Waals surface area (Å²) in [6.07, 6.45) is 0.178. The fourth-order valence-corrected chi connectivity index (χ4v) is 1.62. The van der Waals surface area contributed by atoms with Gasteiger partial charge < -0.3 is 5.73 Å². The van der Waals surface area contributed by atoms with Crippen LogP contribution in [0.25, 0.3) is 11.1 Å². The van der Waals surface area contributed by atoms with Crippen molar-refractivity contribution in [2.75, 3.05) is 5.73 Å². The molecule has 0 radical (unpaired) electrons. The molecule has 1 heterocycles. The van der Waals surface area contributed by atoms with Gasteiger partial charge in [-0.1, -0.05) is 12.1 Å². The van der Waals surface area contributed by atoms with Crippen molar-refractivity contribution in [3.8, 4) is 17.2 Å². The van der Waals surface area contributed by atoms with E-state index in [9.17, 15) is 4.39 Å². The predicted octanol–water partition coefficient (Wildman–Crippen LogP) is 2.54. The van der Waals surface area contributed by atoms with Gasteiger partial charge in [0.15, 0.2) is 0 Å². The first-order valence-corrected chi connectivity index (χ1v) is 5.09. The number of halogens is 1. The fraction of sp³-hybridized carbons (Fsp3) is 0.0769. The minimum atomic E-state index is -0.293. The highest BCUT2D eigenvalue weighted by Crippen LogP contribution is 2.24. The number of benzene rings is 1. The summed E-state index contributed by atoms with van der Waals surface area (Å²) in [6, 6.07) is 11.6. The van der Waals surface area contributed by atoms with Gasteiger partial charge in [0, 0.05) is 5.56 Å². The maximum Gasteiger partial charge on any atom is 0.123 e. The molecule has 0 fully saturated rings. The van der Waals surface area contributed by atoms with Gasteiger partial charge in [-0.3, -0.25) is 0 Å². The fourth-order valence-electron chi connectivity index (χ4n) is 1.62. The van der Waals surface area contributed by atoms with Crippen LogP contribution in [-0.2, 0) is 6.42 Å². The Hall–Kier alpha value is -2.41. The molecule has 1 aromatic heterocycles. The van der Waals surface area contributed by atoms with Crippen molar-refractivity contribution in [2.45, 2.75) is 6.42 Å². The van der Waals surface area contributed by atoms with Gasteiger partial charge in [-0.25, -0.2) is 9.37 Å². The lowest BCUT2D eigenvalue weighted by Crippen LogP contribution is -1.98. The van der Waals surface area contributed by atoms with Crippen LogP contribution in [0.4, 0.5) is 10.2 Å². The lowest BCUT2D eigenvalue weighted by atomic mass is 10.0. The minimum Gasteiger partial charge on any atom is -0.384 e. The second kappa shape index (κ2) is 4.62. The van der Waals surface area contributed by atoms with E-state index in [0.29, 0.717) is 11.5 Å². The highest BCUT2D eigenvalue weighted by atomic mass is 19.1. The van der Waals surface area contributed by atoms with Gasteiger partial charge in [0.1, 0.15) is 11.6 Å². The summed E-state index contributed by atoms with van der Waals surface area (Å²) < 4.78 is 12.8. The lowest BCUT2D eigenvalue weighted by molar-refractivity contribution is 0.628. The Kier molecular flexibility index (Phi) is 3.01. The molecule has 0 spiro atoms. The molecule has 0 unspecified atom stereocenters. The van der Waals surface area contributed by atoms with E-state index < -0.39 is 0 Å². The molecule has 0 aliphatic rings. The molecule has 0 bridgehead atoms. The van der Waals surface area contributed by atoms with E-state index in [-0.39, 0.29) is 12.2 Å². The molecule has 1 aromatic carbocycles. The molecule has 0 atom stereocenters. The molecule has 0 aliphatic heterocycles. The van der Waals surface area contributed by atoms with Crippen molar-refractivity contribution in [1.82, 2.24) is 4.98 Å². The summed E-state index contributed by atoms with van der Waals surface area (Å²) in [4.78, 5) is 4.12. The van der Waals surface area contributed by atoms with Gasteiger partial charge in [-0.2, -0.15) is 5.26 Å². The summed E-state index contributed by atoms with van der Waals surface area (Å²) >= 11 is 0. The number of hydrogen-bond donors (Lipinski definition) is 1. The Morgan fingerprint density at radius 1 is 1.18 bits per heavy atom. The van der Waals surface area contributed by atoms with E-state index >= 15 is 0 Å². The molecule has 0 saturated carbocycles. The smallest absolute Gasteiger partial charge is 0.123 e. The van der Waals surface area contributed by atoms with Crippen LogP contribution in [0, 0.1) is 17.1 Å². The zero-order chi connectivity index (χ0) is 12.3. The zero-order valence-electron chi connectivity index (χ0n) is 9.02. The third kappa shape index (κ3) is 2.40. The molecular weight excluding hydrogens is 217 g/mol. The van der Waals surface area contributed by atoms with E-state index in [0.717, 1.165) is 11.1 Å². The number of aromatic nitrogens is 1. The predicted molar refractivity (Wildman–Crippen MR) is 63.4 cm³/mol. The summed E-state index contributed by atoms with van der Waals surface area (Å²) in [7, 11) is 0. The van der Waals surface area contributed by atoms with Crippen molar-refractivity contribution in [1.29, 1.82) is 5.26 Å². The number of nitriles is 1. The molecular formula is C13H10FN3. The van der Waals surface area contributed by atoms with Gasteiger partial charge in [-0.15, -0.1) is 0 Å². The number of nitrogens with two attached hydrogens (primary N) is 1. The average molecular weight is 227 g/mol. The largest absolute Gasteiger partial charge is 0.384 e. The molecule has 17 heavy (non-hydrogen) atoms. The highest BCUT2D eigenvalue weighted by molar-refractivity contribution is 5.67. The number of nitrogen functional groups attached to an aromatic ring is 1. The number of pyridine rings is 1. The first kappa shape index (κ1) is 11.1. The molecule has 0 saturated heterocycles. The number of anilines is 1. The van der Waals surface area contributed by atoms with Gasteiger partial charge >= 0.3 is 0 Å². The molecule has 2 aromatic rings. The van der Waals surface area contributed by atoms with E-state index in [1.807, 2.05) is 6.07 Å². The van der Waals surface area contributed by atoms with Crippen LogP contribution in [0.2, 0.25) is 0 Å². The third-order valence-corrected chi connectivity index (χ3v) is 2.40. The minimum absolute atomic E-state index is 0.178. The van der Waals surface area contributed by atoms with Gasteiger partial charge in [0.2, 0.25) is 0 Å². The molecule has 0 aliphatic carbocycles. The maximum atomic E-state index is 12.8. The van der Waals surface area contributed by atoms with Crippen molar-refractivity contribution in [3.05, 3.63) is 47.9 Å². The van der Waals surface area contributed by atoms with Crippen molar-refractivity contribution < 1.29 is 4.39 Å². The Bertz CT molecular complexity index is 570. The van der Waals surface area contributed by atoms with Gasteiger partial charge in [0.05, 0.1) is 18.2 Å². The van der Waals surface area contributed by atoms with Gasteiger partial charge in [-0.05, 0) is 29.8 Å². The van der Waals surface area contributed by atoms with Crippen LogP contribution in [-0.4, -0.2) is 4.98 Å². The Labute approximate surface area is 98.3 Å². The normalized spacial score (nSPS) is 9.88. The van der Waals surface area contributed by atoms with Crippen LogP contribution >= 0.6 is 0 Å². The molecule has 3 nitrogen and oxygen atoms in total. The van der Waals surface area contributed by atoms with Crippen molar-refractivity contribution in [3.63, 3.8) is 0 Å². The summed E-state index contributed by atoms with van der Waals surface area (Å²) in [5.41, 5.74) is 7.82. The third-order valence-electron chi connectivity index (χ3n) is 2.40. The zero-order valence-corrected chi connectivity index (χ0v) is 9.02. The molecule has 84 valence electrons. The Morgan fingerprint density at radius 2 is 1.88 bits per heavy atom. The topological polar surface area (TPSA) is 62.7 Å². The standard InChI is InChI=1S/C13H10FN3/c14-10-3-1-9(2-4-10)11-5-6-13(16)17-12(11)7-8-15/h1-6H,7H2,(H2,16,17). The Balaban J connectivity index is 2.51. The van der Waals surface area contributed by atoms with E-state index in [1.54, 1.807) is 24.3 Å². The summed E-state index contributed by atoms with van der Waals surface area (Å²) in [5.74, 6) is 0.0834. The maximum absolute atomic E-state index is 12.8. The van der Waals surface area contributed by atoms with E-state index in [1.165, 1.54) is 12.1 Å². The number of hydrogen-bond acceptors (Lipinski definition) is 3. The summed E-state index contributed by atoms with van der Waals surface area (Å²) in [5, 5.41) is 8.74. The quantitative estimate of drug-likeness (QED) is 0.857. The lowest BCUT2D eigenvalue weighted by Gasteiger charge is -2.07. The van der Waals surface area contributed by atoms with Crippen LogP contribution in [0.15, 0.2) is 36.4 Å².